The summed E-state index contributed by atoms with van der Waals surface area (Å²) in [5.41, 5.74) is 6.02. The van der Waals surface area contributed by atoms with E-state index in [0.717, 1.165) is 0 Å². The Morgan fingerprint density at radius 3 is 2.50 bits per heavy atom. The van der Waals surface area contributed by atoms with E-state index in [2.05, 4.69) is 26.1 Å². The molecule has 2 rings (SSSR count). The predicted octanol–water partition coefficient (Wildman–Crippen LogP) is 1.39. The van der Waals surface area contributed by atoms with Gasteiger partial charge in [-0.3, -0.25) is 9.59 Å². The summed E-state index contributed by atoms with van der Waals surface area (Å²) in [6, 6.07) is -2.03. The van der Waals surface area contributed by atoms with Crippen molar-refractivity contribution in [2.75, 3.05) is 12.9 Å². The fourth-order valence-corrected chi connectivity index (χ4v) is 6.58. The van der Waals surface area contributed by atoms with Crippen molar-refractivity contribution >= 4 is 29.6 Å². The summed E-state index contributed by atoms with van der Waals surface area (Å²) in [6.07, 6.45) is 3.16. The number of carbonyl (C=O) groups excluding carboxylic acids is 2. The summed E-state index contributed by atoms with van der Waals surface area (Å²) in [5.74, 6) is -1.27. The normalized spacial score (nSPS) is 31.3. The lowest BCUT2D eigenvalue weighted by Gasteiger charge is -2.42. The maximum absolute atomic E-state index is 12.1. The molecule has 2 aliphatic carbocycles. The third kappa shape index (κ3) is 4.17. The molecule has 0 aromatic heterocycles. The van der Waals surface area contributed by atoms with Crippen LogP contribution in [0.3, 0.4) is 0 Å². The van der Waals surface area contributed by atoms with E-state index in [0.29, 0.717) is 16.9 Å². The second-order valence-electron chi connectivity index (χ2n) is 8.42. The van der Waals surface area contributed by atoms with E-state index in [1.165, 1.54) is 26.4 Å². The predicted molar refractivity (Wildman–Crippen MR) is 99.6 cm³/mol. The Balaban J connectivity index is 2.01. The van der Waals surface area contributed by atoms with Crippen molar-refractivity contribution in [1.29, 1.82) is 0 Å². The Kier molecular flexibility index (Phi) is 6.28. The summed E-state index contributed by atoms with van der Waals surface area (Å²) in [4.78, 5) is 34.9. The Bertz CT molecular complexity index is 577. The van der Waals surface area contributed by atoms with E-state index in [1.807, 2.05) is 0 Å². The van der Waals surface area contributed by atoms with Crippen LogP contribution < -0.4 is 11.1 Å². The number of methoxy groups -OCH3 is 1. The van der Waals surface area contributed by atoms with Crippen LogP contribution in [0, 0.1) is 16.7 Å². The van der Waals surface area contributed by atoms with E-state index >= 15 is 0 Å². The molecule has 3 unspecified atom stereocenters. The number of ether oxygens (including phenoxy) is 1. The molecule has 2 saturated carbocycles. The largest absolute Gasteiger partial charge is 0.481 e. The van der Waals surface area contributed by atoms with Gasteiger partial charge in [-0.2, -0.15) is 11.8 Å². The molecule has 2 aliphatic rings. The molecule has 5 atom stereocenters. The highest BCUT2D eigenvalue weighted by Gasteiger charge is 2.59. The lowest BCUT2D eigenvalue weighted by atomic mass is 9.72. The summed E-state index contributed by atoms with van der Waals surface area (Å²) in [7, 11) is 1.27. The highest BCUT2D eigenvalue weighted by Crippen LogP contribution is 2.66. The lowest BCUT2D eigenvalue weighted by molar-refractivity contribution is -0.144. The molecule has 0 aliphatic heterocycles. The van der Waals surface area contributed by atoms with Crippen LogP contribution in [0.1, 0.15) is 46.5 Å². The molecule has 0 aromatic rings. The van der Waals surface area contributed by atoms with Gasteiger partial charge < -0.3 is 20.9 Å². The van der Waals surface area contributed by atoms with Gasteiger partial charge in [-0.25, -0.2) is 4.79 Å². The quantitative estimate of drug-likeness (QED) is 0.539. The van der Waals surface area contributed by atoms with Crippen molar-refractivity contribution in [2.45, 2.75) is 63.8 Å². The highest BCUT2D eigenvalue weighted by molar-refractivity contribution is 8.00. The van der Waals surface area contributed by atoms with Gasteiger partial charge in [0.05, 0.1) is 19.6 Å². The summed E-state index contributed by atoms with van der Waals surface area (Å²) in [6.45, 7) is 6.89. The van der Waals surface area contributed by atoms with Gasteiger partial charge >= 0.3 is 11.9 Å². The van der Waals surface area contributed by atoms with Gasteiger partial charge in [0.1, 0.15) is 6.04 Å². The molecule has 26 heavy (non-hydrogen) atoms. The van der Waals surface area contributed by atoms with E-state index < -0.39 is 36.4 Å². The fraction of sp³-hybridized carbons (Fsp3) is 0.833. The molecule has 2 bridgehead atoms. The van der Waals surface area contributed by atoms with Crippen LogP contribution in [0.25, 0.3) is 0 Å². The zero-order valence-corrected chi connectivity index (χ0v) is 16.7. The smallest absolute Gasteiger partial charge is 0.329 e. The first-order valence-corrected chi connectivity index (χ1v) is 10.0. The molecule has 0 heterocycles. The molecule has 0 radical (unpaired) electrons. The number of thioether (sulfide) groups is 1. The van der Waals surface area contributed by atoms with Gasteiger partial charge in [-0.15, -0.1) is 0 Å². The van der Waals surface area contributed by atoms with Crippen LogP contribution >= 0.6 is 11.8 Å². The highest BCUT2D eigenvalue weighted by atomic mass is 32.2. The standard InChI is InChI=1S/C18H30N2O5S/c1-17(2)10-5-6-18(3,8-10)16(17)26-9-12(15(24)25-4)20-14(23)11(19)7-13(21)22/h10-12,16H,5-9,19H2,1-4H3,(H,20,23)(H,21,22)/t10?,11-,12-,16?,18?/m0/s1. The number of carbonyl (C=O) groups is 3. The average molecular weight is 387 g/mol. The number of hydrogen-bond donors (Lipinski definition) is 3. The monoisotopic (exact) mass is 386 g/mol. The summed E-state index contributed by atoms with van der Waals surface area (Å²) in [5, 5.41) is 11.7. The first-order valence-electron chi connectivity index (χ1n) is 8.98. The topological polar surface area (TPSA) is 119 Å². The van der Waals surface area contributed by atoms with Crippen LogP contribution in [0.2, 0.25) is 0 Å². The molecule has 0 aromatic carbocycles. The van der Waals surface area contributed by atoms with Crippen LogP contribution in [-0.2, 0) is 19.1 Å². The molecule has 8 heteroatoms. The van der Waals surface area contributed by atoms with Gasteiger partial charge in [0.25, 0.3) is 0 Å². The Morgan fingerprint density at radius 1 is 1.35 bits per heavy atom. The number of nitrogens with two attached hydrogens (primary N) is 1. The van der Waals surface area contributed by atoms with Crippen molar-refractivity contribution in [1.82, 2.24) is 5.32 Å². The Labute approximate surface area is 158 Å². The second kappa shape index (κ2) is 7.76. The molecule has 2 fully saturated rings. The van der Waals surface area contributed by atoms with E-state index in [4.69, 9.17) is 15.6 Å². The third-order valence-electron chi connectivity index (χ3n) is 6.10. The van der Waals surface area contributed by atoms with Gasteiger partial charge in [0.2, 0.25) is 5.91 Å². The average Bonchev–Trinajstić information content (AvgIpc) is 3.02. The zero-order chi connectivity index (χ0) is 19.7. The van der Waals surface area contributed by atoms with Crippen LogP contribution in [-0.4, -0.2) is 53.1 Å². The molecular weight excluding hydrogens is 356 g/mol. The number of carboxylic acids is 1. The minimum absolute atomic E-state index is 0.183. The molecule has 148 valence electrons. The van der Waals surface area contributed by atoms with Gasteiger partial charge in [-0.05, 0) is 36.0 Å². The van der Waals surface area contributed by atoms with Crippen molar-refractivity contribution < 1.29 is 24.2 Å². The van der Waals surface area contributed by atoms with E-state index in [1.54, 1.807) is 11.8 Å². The first-order chi connectivity index (χ1) is 12.0. The minimum atomic E-state index is -1.19. The zero-order valence-electron chi connectivity index (χ0n) is 15.9. The maximum atomic E-state index is 12.1. The molecular formula is C18H30N2O5S. The van der Waals surface area contributed by atoms with Crippen molar-refractivity contribution in [3.05, 3.63) is 0 Å². The number of amides is 1. The number of fused-ring (bicyclic) bond motifs is 2. The van der Waals surface area contributed by atoms with Gasteiger partial charge in [-0.1, -0.05) is 20.8 Å². The second-order valence-corrected chi connectivity index (χ2v) is 9.56. The van der Waals surface area contributed by atoms with Gasteiger partial charge in [0, 0.05) is 11.0 Å². The number of esters is 1. The molecule has 1 amide bonds. The summed E-state index contributed by atoms with van der Waals surface area (Å²) >= 11 is 1.70. The number of aliphatic carboxylic acids is 1. The molecule has 7 nitrogen and oxygen atoms in total. The van der Waals surface area contributed by atoms with E-state index in [-0.39, 0.29) is 10.8 Å². The molecule has 0 saturated heterocycles. The number of nitrogens with one attached hydrogen (secondary N) is 1. The molecule has 4 N–H and O–H groups in total. The Morgan fingerprint density at radius 2 is 2.00 bits per heavy atom. The van der Waals surface area contributed by atoms with Crippen molar-refractivity contribution in [2.24, 2.45) is 22.5 Å². The number of carboxylic acid groups (broad SMARTS) is 1. The van der Waals surface area contributed by atoms with Crippen LogP contribution in [0.5, 0.6) is 0 Å². The number of rotatable bonds is 8. The maximum Gasteiger partial charge on any atom is 0.329 e. The van der Waals surface area contributed by atoms with E-state index in [9.17, 15) is 14.4 Å². The lowest BCUT2D eigenvalue weighted by Crippen LogP contribution is -2.51. The Hall–Kier alpha value is -1.28. The van der Waals surface area contributed by atoms with Gasteiger partial charge in [0.15, 0.2) is 0 Å². The summed E-state index contributed by atoms with van der Waals surface area (Å²) < 4.78 is 4.80. The first kappa shape index (κ1) is 21.0. The van der Waals surface area contributed by atoms with Crippen molar-refractivity contribution in [3.63, 3.8) is 0 Å². The van der Waals surface area contributed by atoms with Crippen LogP contribution in [0.4, 0.5) is 0 Å². The third-order valence-corrected chi connectivity index (χ3v) is 8.14. The fourth-order valence-electron chi connectivity index (χ4n) is 4.74. The SMILES string of the molecule is COC(=O)[C@H](CSC1C2(C)CCC(C2)C1(C)C)NC(=O)[C@@H](N)CC(=O)O. The number of hydrogen-bond acceptors (Lipinski definition) is 6. The van der Waals surface area contributed by atoms with Crippen LogP contribution in [0.15, 0.2) is 0 Å². The van der Waals surface area contributed by atoms with Crippen molar-refractivity contribution in [3.8, 4) is 0 Å². The minimum Gasteiger partial charge on any atom is -0.481 e. The molecule has 0 spiro atoms.